The first-order valence-electron chi connectivity index (χ1n) is 12.6. The summed E-state index contributed by atoms with van der Waals surface area (Å²) in [5.74, 6) is -1.61. The first-order valence-corrected chi connectivity index (χ1v) is 12.6. The maximum absolute atomic E-state index is 14.9. The Balaban J connectivity index is 1.57. The summed E-state index contributed by atoms with van der Waals surface area (Å²) in [6, 6.07) is 1.01. The predicted octanol–water partition coefficient (Wildman–Crippen LogP) is 2.14. The normalized spacial score (nSPS) is 21.4. The van der Waals surface area contributed by atoms with Gasteiger partial charge in [0.15, 0.2) is 17.3 Å². The molecule has 0 saturated carbocycles. The van der Waals surface area contributed by atoms with E-state index in [-0.39, 0.29) is 46.7 Å². The molecule has 2 aliphatic heterocycles. The van der Waals surface area contributed by atoms with Crippen LogP contribution in [0.1, 0.15) is 74.1 Å². The number of fused-ring (bicyclic) bond motifs is 3. The first kappa shape index (κ1) is 26.4. The SMILES string of the molecule is CC(=O)c1c(C2CC3CCC(C2)N3C(=O)C(N)=NC=N)nc2c(-c3cnc(C(C)(C)O)c(F)c3)cnn2c1N. The Kier molecular flexibility index (Phi) is 6.41. The molecule has 2 unspecified atom stereocenters. The molecule has 12 nitrogen and oxygen atoms in total. The van der Waals surface area contributed by atoms with Crippen LogP contribution in [0.4, 0.5) is 10.2 Å². The topological polar surface area (TPSA) is 189 Å². The average molecular weight is 536 g/mol. The molecule has 2 bridgehead atoms. The molecule has 0 aromatic carbocycles. The number of halogens is 1. The van der Waals surface area contributed by atoms with Crippen molar-refractivity contribution in [2.45, 2.75) is 70.1 Å². The van der Waals surface area contributed by atoms with E-state index in [1.54, 1.807) is 4.90 Å². The number of nitrogens with one attached hydrogen (secondary N) is 1. The first-order chi connectivity index (χ1) is 18.4. The number of carbonyl (C=O) groups excluding carboxylic acids is 2. The number of nitrogens with zero attached hydrogens (tertiary/aromatic N) is 6. The van der Waals surface area contributed by atoms with Gasteiger partial charge in [-0.2, -0.15) is 9.61 Å². The van der Waals surface area contributed by atoms with Crippen LogP contribution in [0, 0.1) is 11.2 Å². The van der Waals surface area contributed by atoms with Gasteiger partial charge in [0.2, 0.25) is 0 Å². The van der Waals surface area contributed by atoms with Crippen molar-refractivity contribution in [1.29, 1.82) is 5.41 Å². The lowest BCUT2D eigenvalue weighted by Crippen LogP contribution is -2.50. The summed E-state index contributed by atoms with van der Waals surface area (Å²) in [6.45, 7) is 4.32. The van der Waals surface area contributed by atoms with E-state index in [0.717, 1.165) is 19.2 Å². The van der Waals surface area contributed by atoms with Crippen LogP contribution < -0.4 is 11.5 Å². The van der Waals surface area contributed by atoms with Gasteiger partial charge in [0, 0.05) is 35.3 Å². The quantitative estimate of drug-likeness (QED) is 0.217. The summed E-state index contributed by atoms with van der Waals surface area (Å²) in [6.07, 6.45) is 6.30. The highest BCUT2D eigenvalue weighted by molar-refractivity contribution is 6.38. The Morgan fingerprint density at radius 2 is 1.92 bits per heavy atom. The highest BCUT2D eigenvalue weighted by atomic mass is 19.1. The van der Waals surface area contributed by atoms with Gasteiger partial charge in [0.25, 0.3) is 5.91 Å². The van der Waals surface area contributed by atoms with E-state index in [0.29, 0.717) is 35.3 Å². The fraction of sp³-hybridized carbons (Fsp3) is 0.423. The molecule has 2 fully saturated rings. The number of nitrogens with two attached hydrogens (primary N) is 2. The van der Waals surface area contributed by atoms with Crippen molar-refractivity contribution in [3.63, 3.8) is 0 Å². The Labute approximate surface area is 223 Å². The Morgan fingerprint density at radius 3 is 2.49 bits per heavy atom. The molecular weight excluding hydrogens is 505 g/mol. The highest BCUT2D eigenvalue weighted by Gasteiger charge is 2.45. The van der Waals surface area contributed by atoms with Crippen LogP contribution in [-0.2, 0) is 10.4 Å². The molecular formula is C26H30FN9O3. The number of rotatable bonds is 5. The largest absolute Gasteiger partial charge is 0.384 e. The van der Waals surface area contributed by atoms with E-state index >= 15 is 0 Å². The Morgan fingerprint density at radius 1 is 1.26 bits per heavy atom. The molecule has 6 N–H and O–H groups in total. The number of pyridine rings is 1. The minimum atomic E-state index is -1.46. The van der Waals surface area contributed by atoms with Crippen LogP contribution >= 0.6 is 0 Å². The number of piperidine rings is 1. The molecule has 2 atom stereocenters. The van der Waals surface area contributed by atoms with Gasteiger partial charge in [0.1, 0.15) is 29.3 Å². The summed E-state index contributed by atoms with van der Waals surface area (Å²) in [4.78, 5) is 40.0. The van der Waals surface area contributed by atoms with Crippen LogP contribution in [0.5, 0.6) is 0 Å². The van der Waals surface area contributed by atoms with Crippen LogP contribution in [0.15, 0.2) is 23.5 Å². The van der Waals surface area contributed by atoms with Gasteiger partial charge in [-0.05, 0) is 52.5 Å². The van der Waals surface area contributed by atoms with E-state index in [1.807, 2.05) is 0 Å². The second kappa shape index (κ2) is 9.49. The summed E-state index contributed by atoms with van der Waals surface area (Å²) in [7, 11) is 0. The van der Waals surface area contributed by atoms with Crippen molar-refractivity contribution in [3.05, 3.63) is 41.2 Å². The van der Waals surface area contributed by atoms with Gasteiger partial charge in [-0.15, -0.1) is 0 Å². The van der Waals surface area contributed by atoms with Gasteiger partial charge >= 0.3 is 0 Å². The number of anilines is 1. The number of nitrogen functional groups attached to an aromatic ring is 1. The summed E-state index contributed by atoms with van der Waals surface area (Å²) in [5, 5.41) is 21.6. The minimum Gasteiger partial charge on any atom is -0.384 e. The van der Waals surface area contributed by atoms with Crippen LogP contribution in [0.3, 0.4) is 0 Å². The highest BCUT2D eigenvalue weighted by Crippen LogP contribution is 2.44. The van der Waals surface area contributed by atoms with E-state index in [1.165, 1.54) is 43.7 Å². The zero-order chi connectivity index (χ0) is 28.2. The molecule has 39 heavy (non-hydrogen) atoms. The van der Waals surface area contributed by atoms with Crippen molar-refractivity contribution in [3.8, 4) is 11.1 Å². The van der Waals surface area contributed by atoms with Gasteiger partial charge in [-0.1, -0.05) is 0 Å². The van der Waals surface area contributed by atoms with Crippen molar-refractivity contribution in [1.82, 2.24) is 24.5 Å². The third kappa shape index (κ3) is 4.42. The average Bonchev–Trinajstić information content (AvgIpc) is 3.40. The van der Waals surface area contributed by atoms with Crippen molar-refractivity contribution in [2.24, 2.45) is 10.7 Å². The fourth-order valence-electron chi connectivity index (χ4n) is 5.92. The monoisotopic (exact) mass is 535 g/mol. The molecule has 3 aromatic rings. The Hall–Kier alpha value is -4.26. The molecule has 0 spiro atoms. The summed E-state index contributed by atoms with van der Waals surface area (Å²) in [5.41, 5.74) is 12.7. The summed E-state index contributed by atoms with van der Waals surface area (Å²) >= 11 is 0. The maximum atomic E-state index is 14.9. The zero-order valence-corrected chi connectivity index (χ0v) is 21.8. The smallest absolute Gasteiger partial charge is 0.289 e. The molecule has 0 radical (unpaired) electrons. The van der Waals surface area contributed by atoms with E-state index in [2.05, 4.69) is 15.1 Å². The third-order valence-corrected chi connectivity index (χ3v) is 7.57. The van der Waals surface area contributed by atoms with Gasteiger partial charge in [-0.25, -0.2) is 14.4 Å². The summed E-state index contributed by atoms with van der Waals surface area (Å²) < 4.78 is 16.2. The van der Waals surface area contributed by atoms with Crippen molar-refractivity contribution < 1.29 is 19.1 Å². The zero-order valence-electron chi connectivity index (χ0n) is 21.8. The number of Topliss-reactive ketones (excluding diaryl/α,β-unsaturated/α-hetero) is 1. The minimum absolute atomic E-state index is 0.0853. The van der Waals surface area contributed by atoms with Gasteiger partial charge in [0.05, 0.1) is 17.5 Å². The molecule has 1 amide bonds. The van der Waals surface area contributed by atoms with E-state index in [9.17, 15) is 19.1 Å². The second-order valence-corrected chi connectivity index (χ2v) is 10.6. The number of hydrogen-bond acceptors (Lipinski definition) is 8. The maximum Gasteiger partial charge on any atom is 0.289 e. The predicted molar refractivity (Wildman–Crippen MR) is 142 cm³/mol. The molecule has 0 aliphatic carbocycles. The van der Waals surface area contributed by atoms with Crippen LogP contribution in [0.25, 0.3) is 16.8 Å². The molecule has 5 heterocycles. The number of ketones is 1. The standard InChI is InChI=1S/C26H30FN9O3/c1-12(37)19-20(13-6-15-4-5-16(7-13)35(15)25(38)22(29)32-11-28)34-24-17(10-33-36(24)23(19)30)14-8-18(27)21(31-9-14)26(2,3)39/h8-11,13,15-16,39H,4-7,30H2,1-3H3,(H3,28,29,32). The van der Waals surface area contributed by atoms with Crippen LogP contribution in [-0.4, -0.2) is 65.5 Å². The molecule has 2 saturated heterocycles. The number of aromatic nitrogens is 4. The van der Waals surface area contributed by atoms with Crippen molar-refractivity contribution in [2.75, 3.05) is 5.73 Å². The lowest BCUT2D eigenvalue weighted by Gasteiger charge is -2.39. The van der Waals surface area contributed by atoms with Gasteiger partial charge in [-0.3, -0.25) is 20.0 Å². The van der Waals surface area contributed by atoms with Gasteiger partial charge < -0.3 is 21.5 Å². The molecule has 2 aliphatic rings. The fourth-order valence-corrected chi connectivity index (χ4v) is 5.92. The second-order valence-electron chi connectivity index (χ2n) is 10.6. The molecule has 3 aromatic heterocycles. The number of hydrogen-bond donors (Lipinski definition) is 4. The number of aliphatic hydroxyl groups is 1. The van der Waals surface area contributed by atoms with Crippen LogP contribution in [0.2, 0.25) is 0 Å². The number of amides is 1. The number of carbonyl (C=O) groups is 2. The third-order valence-electron chi connectivity index (χ3n) is 7.57. The Bertz CT molecular complexity index is 1530. The number of aliphatic imine (C=N–C) groups is 1. The molecule has 204 valence electrons. The molecule has 13 heteroatoms. The molecule has 5 rings (SSSR count). The lowest BCUT2D eigenvalue weighted by atomic mass is 9.85. The van der Waals surface area contributed by atoms with E-state index in [4.69, 9.17) is 21.9 Å². The van der Waals surface area contributed by atoms with E-state index < -0.39 is 17.3 Å². The number of amidine groups is 1. The lowest BCUT2D eigenvalue weighted by molar-refractivity contribution is -0.128. The van der Waals surface area contributed by atoms with Crippen molar-refractivity contribution >= 4 is 35.3 Å².